The van der Waals surface area contributed by atoms with Crippen molar-refractivity contribution in [2.24, 2.45) is 0 Å². The van der Waals surface area contributed by atoms with E-state index >= 15 is 0 Å². The summed E-state index contributed by atoms with van der Waals surface area (Å²) in [5.41, 5.74) is 0.797. The monoisotopic (exact) mass is 318 g/mol. The van der Waals surface area contributed by atoms with E-state index in [2.05, 4.69) is 6.58 Å². The van der Waals surface area contributed by atoms with Crippen molar-refractivity contribution in [3.63, 3.8) is 0 Å². The molecule has 0 aliphatic rings. The summed E-state index contributed by atoms with van der Waals surface area (Å²) in [6.45, 7) is 5.47. The van der Waals surface area contributed by atoms with Crippen molar-refractivity contribution in [3.8, 4) is 11.5 Å². The first kappa shape index (κ1) is 16.6. The molecule has 0 radical (unpaired) electrons. The summed E-state index contributed by atoms with van der Waals surface area (Å²) >= 11 is 0. The smallest absolute Gasteiger partial charge is 0.313 e. The Kier molecular flexibility index (Phi) is 5.05. The van der Waals surface area contributed by atoms with Crippen LogP contribution in [0, 0.1) is 0 Å². The molecule has 1 aromatic heterocycles. The summed E-state index contributed by atoms with van der Waals surface area (Å²) in [6, 6.07) is 1.64. The maximum Gasteiger partial charge on any atom is 0.313 e. The molecule has 23 heavy (non-hydrogen) atoms. The lowest BCUT2D eigenvalue weighted by Crippen LogP contribution is -2.13. The molecule has 0 saturated carbocycles. The number of carbonyl (C=O) groups is 2. The maximum atomic E-state index is 12.5. The molecule has 0 saturated heterocycles. The topological polar surface area (TPSA) is 86.0 Å². The van der Waals surface area contributed by atoms with Crippen LogP contribution < -0.4 is 4.74 Å². The molecule has 2 aromatic rings. The van der Waals surface area contributed by atoms with Crippen LogP contribution in [0.2, 0.25) is 0 Å². The van der Waals surface area contributed by atoms with E-state index in [9.17, 15) is 14.7 Å². The van der Waals surface area contributed by atoms with E-state index < -0.39 is 18.2 Å². The first-order valence-corrected chi connectivity index (χ1v) is 7.13. The van der Waals surface area contributed by atoms with E-state index in [1.54, 1.807) is 19.1 Å². The van der Waals surface area contributed by atoms with Gasteiger partial charge in [0.05, 0.1) is 25.4 Å². The van der Waals surface area contributed by atoms with Gasteiger partial charge in [0.15, 0.2) is 5.78 Å². The molecular formula is C17H18O6. The third-order valence-electron chi connectivity index (χ3n) is 3.38. The van der Waals surface area contributed by atoms with Crippen LogP contribution in [0.25, 0.3) is 11.0 Å². The molecule has 6 heteroatoms. The highest BCUT2D eigenvalue weighted by Crippen LogP contribution is 2.41. The summed E-state index contributed by atoms with van der Waals surface area (Å²) in [7, 11) is 1.38. The van der Waals surface area contributed by atoms with Gasteiger partial charge in [-0.05, 0) is 19.4 Å². The van der Waals surface area contributed by atoms with Crippen molar-refractivity contribution in [1.29, 1.82) is 0 Å². The molecule has 0 spiro atoms. The zero-order valence-corrected chi connectivity index (χ0v) is 13.0. The lowest BCUT2D eigenvalue weighted by molar-refractivity contribution is -0.141. The number of benzene rings is 1. The number of fused-ring (bicyclic) bond motifs is 1. The lowest BCUT2D eigenvalue weighted by atomic mass is 9.97. The largest absolute Gasteiger partial charge is 0.507 e. The molecule has 0 amide bonds. The SMILES string of the molecule is C=CCc1c(O)c(C(=O)CC(=O)OCC)c(OC)c2ccoc12. The fourth-order valence-electron chi connectivity index (χ4n) is 2.46. The van der Waals surface area contributed by atoms with E-state index in [0.717, 1.165) is 0 Å². The van der Waals surface area contributed by atoms with Gasteiger partial charge in [0.25, 0.3) is 0 Å². The quantitative estimate of drug-likeness (QED) is 0.365. The van der Waals surface area contributed by atoms with E-state index in [0.29, 0.717) is 23.0 Å². The Bertz CT molecular complexity index is 756. The van der Waals surface area contributed by atoms with Crippen molar-refractivity contribution < 1.29 is 28.6 Å². The number of carbonyl (C=O) groups excluding carboxylic acids is 2. The zero-order chi connectivity index (χ0) is 17.0. The third kappa shape index (κ3) is 3.06. The van der Waals surface area contributed by atoms with Gasteiger partial charge in [-0.1, -0.05) is 6.08 Å². The molecule has 122 valence electrons. The molecule has 1 aromatic carbocycles. The number of hydrogen-bond donors (Lipinski definition) is 1. The Hall–Kier alpha value is -2.76. The molecule has 0 atom stereocenters. The van der Waals surface area contributed by atoms with Gasteiger partial charge in [0, 0.05) is 5.56 Å². The second kappa shape index (κ2) is 7.00. The standard InChI is InChI=1S/C17H18O6/c1-4-6-10-15(20)14(12(18)9-13(19)22-5-2)17(21-3)11-7-8-23-16(10)11/h4,7-8,20H,1,5-6,9H2,2-3H3. The average molecular weight is 318 g/mol. The molecule has 6 nitrogen and oxygen atoms in total. The highest BCUT2D eigenvalue weighted by Gasteiger charge is 2.27. The number of phenols is 1. The van der Waals surface area contributed by atoms with Gasteiger partial charge in [-0.15, -0.1) is 6.58 Å². The van der Waals surface area contributed by atoms with Gasteiger partial charge in [0.2, 0.25) is 0 Å². The van der Waals surface area contributed by atoms with Crippen LogP contribution in [0.1, 0.15) is 29.3 Å². The summed E-state index contributed by atoms with van der Waals surface area (Å²) in [6.07, 6.45) is 2.86. The number of furan rings is 1. The third-order valence-corrected chi connectivity index (χ3v) is 3.38. The summed E-state index contributed by atoms with van der Waals surface area (Å²) in [4.78, 5) is 24.0. The molecular weight excluding hydrogens is 300 g/mol. The molecule has 0 fully saturated rings. The van der Waals surface area contributed by atoms with Gasteiger partial charge < -0.3 is 19.0 Å². The van der Waals surface area contributed by atoms with Gasteiger partial charge in [-0.3, -0.25) is 9.59 Å². The molecule has 0 bridgehead atoms. The van der Waals surface area contributed by atoms with Crippen LogP contribution in [-0.2, 0) is 16.0 Å². The van der Waals surface area contributed by atoms with Crippen LogP contribution in [-0.4, -0.2) is 30.6 Å². The lowest BCUT2D eigenvalue weighted by Gasteiger charge is -2.14. The normalized spacial score (nSPS) is 10.5. The predicted octanol–water partition coefficient (Wildman–Crippen LogP) is 3.01. The van der Waals surface area contributed by atoms with Crippen molar-refractivity contribution in [1.82, 2.24) is 0 Å². The molecule has 0 aliphatic heterocycles. The number of esters is 1. The number of Topliss-reactive ketones (excluding diaryl/α,β-unsaturated/α-hetero) is 1. The van der Waals surface area contributed by atoms with E-state index in [4.69, 9.17) is 13.9 Å². The minimum Gasteiger partial charge on any atom is -0.507 e. The van der Waals surface area contributed by atoms with E-state index in [1.165, 1.54) is 13.4 Å². The first-order valence-electron chi connectivity index (χ1n) is 7.13. The highest BCUT2D eigenvalue weighted by molar-refractivity contribution is 6.13. The van der Waals surface area contributed by atoms with Crippen LogP contribution >= 0.6 is 0 Å². The van der Waals surface area contributed by atoms with Gasteiger partial charge in [-0.2, -0.15) is 0 Å². The van der Waals surface area contributed by atoms with Crippen molar-refractivity contribution in [2.45, 2.75) is 19.8 Å². The second-order valence-corrected chi connectivity index (χ2v) is 4.80. The summed E-state index contributed by atoms with van der Waals surface area (Å²) in [5, 5.41) is 11.1. The van der Waals surface area contributed by atoms with Crippen LogP contribution in [0.4, 0.5) is 0 Å². The van der Waals surface area contributed by atoms with Gasteiger partial charge >= 0.3 is 5.97 Å². The Balaban J connectivity index is 2.61. The Morgan fingerprint density at radius 2 is 2.17 bits per heavy atom. The van der Waals surface area contributed by atoms with E-state index in [1.807, 2.05) is 0 Å². The average Bonchev–Trinajstić information content (AvgIpc) is 2.98. The van der Waals surface area contributed by atoms with Gasteiger partial charge in [0.1, 0.15) is 29.1 Å². The number of phenolic OH excluding ortho intramolecular Hbond substituents is 1. The zero-order valence-electron chi connectivity index (χ0n) is 13.0. The molecule has 2 rings (SSSR count). The number of aromatic hydroxyl groups is 1. The Labute approximate surface area is 133 Å². The second-order valence-electron chi connectivity index (χ2n) is 4.80. The Morgan fingerprint density at radius 3 is 2.78 bits per heavy atom. The molecule has 1 heterocycles. The highest BCUT2D eigenvalue weighted by atomic mass is 16.5. The van der Waals surface area contributed by atoms with Crippen LogP contribution in [0.3, 0.4) is 0 Å². The van der Waals surface area contributed by atoms with Gasteiger partial charge in [-0.25, -0.2) is 0 Å². The number of ketones is 1. The minimum absolute atomic E-state index is 0.0497. The van der Waals surface area contributed by atoms with Crippen LogP contribution in [0.5, 0.6) is 11.5 Å². The number of ether oxygens (including phenoxy) is 2. The minimum atomic E-state index is -0.656. The number of hydrogen-bond acceptors (Lipinski definition) is 6. The molecule has 1 N–H and O–H groups in total. The Morgan fingerprint density at radius 1 is 1.43 bits per heavy atom. The fourth-order valence-corrected chi connectivity index (χ4v) is 2.46. The number of rotatable bonds is 7. The van der Waals surface area contributed by atoms with Crippen molar-refractivity contribution in [3.05, 3.63) is 36.1 Å². The predicted molar refractivity (Wildman–Crippen MR) is 83.9 cm³/mol. The summed E-state index contributed by atoms with van der Waals surface area (Å²) < 4.78 is 15.4. The van der Waals surface area contributed by atoms with Crippen LogP contribution in [0.15, 0.2) is 29.4 Å². The maximum absolute atomic E-state index is 12.5. The van der Waals surface area contributed by atoms with E-state index in [-0.39, 0.29) is 23.7 Å². The van der Waals surface area contributed by atoms with Crippen molar-refractivity contribution in [2.75, 3.05) is 13.7 Å². The molecule has 0 unspecified atom stereocenters. The first-order chi connectivity index (χ1) is 11.0. The number of allylic oxidation sites excluding steroid dienone is 1. The fraction of sp³-hybridized carbons (Fsp3) is 0.294. The summed E-state index contributed by atoms with van der Waals surface area (Å²) in [5.74, 6) is -1.32. The molecule has 0 aliphatic carbocycles. The van der Waals surface area contributed by atoms with Crippen molar-refractivity contribution >= 4 is 22.7 Å². The number of methoxy groups -OCH3 is 1.